The van der Waals surface area contributed by atoms with Gasteiger partial charge in [-0.1, -0.05) is 23.4 Å². The second-order valence-corrected chi connectivity index (χ2v) is 5.15. The van der Waals surface area contributed by atoms with Crippen molar-refractivity contribution in [1.82, 2.24) is 15.5 Å². The molecule has 124 valence electrons. The fourth-order valence-corrected chi connectivity index (χ4v) is 2.35. The Balaban J connectivity index is 0.00000192. The molecular formula is C15H19ClN4O3. The number of aromatic nitrogens is 2. The second-order valence-electron chi connectivity index (χ2n) is 5.15. The topological polar surface area (TPSA) is 89.3 Å². The van der Waals surface area contributed by atoms with Crippen molar-refractivity contribution < 1.29 is 14.1 Å². The van der Waals surface area contributed by atoms with Gasteiger partial charge < -0.3 is 19.9 Å². The normalized spacial score (nSPS) is 20.6. The van der Waals surface area contributed by atoms with E-state index in [2.05, 4.69) is 20.8 Å². The summed E-state index contributed by atoms with van der Waals surface area (Å²) in [6.45, 7) is 3.35. The highest BCUT2D eigenvalue weighted by atomic mass is 35.5. The SMILES string of the molecule is C[C@H]1OCCN[C@@H]1c1nc(CC(=O)Nc2ccccc2)no1.Cl. The molecule has 0 aliphatic carbocycles. The molecule has 1 aromatic heterocycles. The molecule has 0 spiro atoms. The van der Waals surface area contributed by atoms with Crippen LogP contribution in [0.5, 0.6) is 0 Å². The van der Waals surface area contributed by atoms with Gasteiger partial charge in [-0.3, -0.25) is 4.79 Å². The molecule has 1 aliphatic heterocycles. The van der Waals surface area contributed by atoms with Crippen molar-refractivity contribution in [3.05, 3.63) is 42.0 Å². The summed E-state index contributed by atoms with van der Waals surface area (Å²) in [6.07, 6.45) is 0.0283. The highest BCUT2D eigenvalue weighted by molar-refractivity contribution is 5.91. The molecule has 2 aromatic rings. The van der Waals surface area contributed by atoms with Gasteiger partial charge in [0.1, 0.15) is 6.04 Å². The Bertz CT molecular complexity index is 635. The number of para-hydroxylation sites is 1. The zero-order valence-corrected chi connectivity index (χ0v) is 13.5. The number of ether oxygens (including phenoxy) is 1. The standard InChI is InChI=1S/C15H18N4O3.ClH/c1-10-14(16-7-8-21-10)15-18-12(19-22-15)9-13(20)17-11-5-3-2-4-6-11;/h2-6,10,14,16H,7-9H2,1H3,(H,17,20);1H/t10-,14+;/m1./s1. The van der Waals surface area contributed by atoms with Gasteiger partial charge in [0.2, 0.25) is 11.8 Å². The maximum atomic E-state index is 12.0. The van der Waals surface area contributed by atoms with Gasteiger partial charge in [0.05, 0.1) is 19.1 Å². The predicted octanol–water partition coefficient (Wildman–Crippen LogP) is 1.72. The van der Waals surface area contributed by atoms with Crippen molar-refractivity contribution in [1.29, 1.82) is 0 Å². The lowest BCUT2D eigenvalue weighted by Crippen LogP contribution is -2.40. The molecule has 23 heavy (non-hydrogen) atoms. The van der Waals surface area contributed by atoms with E-state index >= 15 is 0 Å². The minimum Gasteiger partial charge on any atom is -0.375 e. The Hall–Kier alpha value is -1.96. The van der Waals surface area contributed by atoms with Gasteiger partial charge >= 0.3 is 0 Å². The number of hydrogen-bond donors (Lipinski definition) is 2. The van der Waals surface area contributed by atoms with Crippen molar-refractivity contribution in [3.8, 4) is 0 Å². The quantitative estimate of drug-likeness (QED) is 0.882. The fraction of sp³-hybridized carbons (Fsp3) is 0.400. The number of benzene rings is 1. The van der Waals surface area contributed by atoms with E-state index < -0.39 is 0 Å². The van der Waals surface area contributed by atoms with Gasteiger partial charge in [-0.25, -0.2) is 0 Å². The molecule has 1 amide bonds. The fourth-order valence-electron chi connectivity index (χ4n) is 2.35. The zero-order valence-electron chi connectivity index (χ0n) is 12.7. The molecule has 7 nitrogen and oxygen atoms in total. The van der Waals surface area contributed by atoms with Crippen LogP contribution in [0.3, 0.4) is 0 Å². The number of amides is 1. The molecular weight excluding hydrogens is 320 g/mol. The van der Waals surface area contributed by atoms with Gasteiger partial charge in [-0.2, -0.15) is 4.98 Å². The molecule has 0 saturated carbocycles. The average molecular weight is 339 g/mol. The summed E-state index contributed by atoms with van der Waals surface area (Å²) in [5, 5.41) is 9.92. The Labute approximate surface area is 140 Å². The van der Waals surface area contributed by atoms with Gasteiger partial charge in [0.25, 0.3) is 0 Å². The lowest BCUT2D eigenvalue weighted by atomic mass is 10.1. The van der Waals surface area contributed by atoms with E-state index in [9.17, 15) is 4.79 Å². The maximum absolute atomic E-state index is 12.0. The van der Waals surface area contributed by atoms with Crippen molar-refractivity contribution >= 4 is 24.0 Å². The van der Waals surface area contributed by atoms with E-state index in [4.69, 9.17) is 9.26 Å². The first-order chi connectivity index (χ1) is 10.7. The summed E-state index contributed by atoms with van der Waals surface area (Å²) in [4.78, 5) is 16.2. The molecule has 0 unspecified atom stereocenters. The van der Waals surface area contributed by atoms with Gasteiger partial charge in [0.15, 0.2) is 5.82 Å². The maximum Gasteiger partial charge on any atom is 0.246 e. The van der Waals surface area contributed by atoms with E-state index in [-0.39, 0.29) is 36.9 Å². The predicted molar refractivity (Wildman–Crippen MR) is 86.5 cm³/mol. The molecule has 1 saturated heterocycles. The van der Waals surface area contributed by atoms with Crippen LogP contribution in [-0.2, 0) is 16.0 Å². The number of carbonyl (C=O) groups is 1. The first kappa shape index (κ1) is 17.4. The summed E-state index contributed by atoms with van der Waals surface area (Å²) in [7, 11) is 0. The summed E-state index contributed by atoms with van der Waals surface area (Å²) < 4.78 is 10.8. The van der Waals surface area contributed by atoms with Crippen LogP contribution in [0.25, 0.3) is 0 Å². The number of carbonyl (C=O) groups excluding carboxylic acids is 1. The number of anilines is 1. The number of nitrogens with one attached hydrogen (secondary N) is 2. The lowest BCUT2D eigenvalue weighted by molar-refractivity contribution is -0.115. The molecule has 2 N–H and O–H groups in total. The summed E-state index contributed by atoms with van der Waals surface area (Å²) in [5.41, 5.74) is 0.743. The van der Waals surface area contributed by atoms with E-state index in [1.807, 2.05) is 37.3 Å². The summed E-state index contributed by atoms with van der Waals surface area (Å²) in [6, 6.07) is 9.12. The minimum atomic E-state index is -0.181. The molecule has 0 bridgehead atoms. The third-order valence-corrected chi connectivity index (χ3v) is 3.44. The van der Waals surface area contributed by atoms with Crippen LogP contribution >= 0.6 is 12.4 Å². The van der Waals surface area contributed by atoms with Crippen molar-refractivity contribution in [2.24, 2.45) is 0 Å². The molecule has 0 radical (unpaired) electrons. The number of morpholine rings is 1. The second kappa shape index (κ2) is 8.05. The minimum absolute atomic E-state index is 0. The van der Waals surface area contributed by atoms with E-state index in [1.54, 1.807) is 0 Å². The van der Waals surface area contributed by atoms with E-state index in [1.165, 1.54) is 0 Å². The van der Waals surface area contributed by atoms with E-state index in [0.29, 0.717) is 18.3 Å². The number of hydrogen-bond acceptors (Lipinski definition) is 6. The Morgan fingerprint density at radius 1 is 1.39 bits per heavy atom. The lowest BCUT2D eigenvalue weighted by Gasteiger charge is -2.27. The van der Waals surface area contributed by atoms with Crippen LogP contribution < -0.4 is 10.6 Å². The largest absolute Gasteiger partial charge is 0.375 e. The zero-order chi connectivity index (χ0) is 15.4. The van der Waals surface area contributed by atoms with Crippen LogP contribution in [0.1, 0.15) is 24.7 Å². The van der Waals surface area contributed by atoms with Crippen LogP contribution in [0.2, 0.25) is 0 Å². The number of rotatable bonds is 4. The van der Waals surface area contributed by atoms with Gasteiger partial charge in [-0.05, 0) is 19.1 Å². The third kappa shape index (κ3) is 4.51. The van der Waals surface area contributed by atoms with Crippen molar-refractivity contribution in [2.45, 2.75) is 25.5 Å². The van der Waals surface area contributed by atoms with Crippen LogP contribution in [0.15, 0.2) is 34.9 Å². The molecule has 2 heterocycles. The molecule has 2 atom stereocenters. The van der Waals surface area contributed by atoms with Gasteiger partial charge in [0, 0.05) is 12.2 Å². The average Bonchev–Trinajstić information content (AvgIpc) is 2.97. The highest BCUT2D eigenvalue weighted by Crippen LogP contribution is 2.20. The monoisotopic (exact) mass is 338 g/mol. The first-order valence-electron chi connectivity index (χ1n) is 7.25. The smallest absolute Gasteiger partial charge is 0.246 e. The van der Waals surface area contributed by atoms with Crippen LogP contribution in [-0.4, -0.2) is 35.3 Å². The summed E-state index contributed by atoms with van der Waals surface area (Å²) >= 11 is 0. The van der Waals surface area contributed by atoms with Crippen LogP contribution in [0.4, 0.5) is 5.69 Å². The Morgan fingerprint density at radius 2 is 2.17 bits per heavy atom. The number of nitrogens with zero attached hydrogens (tertiary/aromatic N) is 2. The molecule has 1 aromatic carbocycles. The van der Waals surface area contributed by atoms with E-state index in [0.717, 1.165) is 12.2 Å². The third-order valence-electron chi connectivity index (χ3n) is 3.44. The molecule has 1 aliphatic rings. The van der Waals surface area contributed by atoms with Crippen molar-refractivity contribution in [2.75, 3.05) is 18.5 Å². The number of halogens is 1. The first-order valence-corrected chi connectivity index (χ1v) is 7.25. The van der Waals surface area contributed by atoms with Crippen molar-refractivity contribution in [3.63, 3.8) is 0 Å². The molecule has 1 fully saturated rings. The van der Waals surface area contributed by atoms with Crippen LogP contribution in [0, 0.1) is 0 Å². The highest BCUT2D eigenvalue weighted by Gasteiger charge is 2.28. The van der Waals surface area contributed by atoms with Gasteiger partial charge in [-0.15, -0.1) is 12.4 Å². The Kier molecular flexibility index (Phi) is 6.09. The molecule has 8 heteroatoms. The Morgan fingerprint density at radius 3 is 2.91 bits per heavy atom. The molecule has 3 rings (SSSR count). The summed E-state index contributed by atoms with van der Waals surface area (Å²) in [5.74, 6) is 0.636.